The van der Waals surface area contributed by atoms with Crippen LogP contribution in [0.4, 0.5) is 0 Å². The van der Waals surface area contributed by atoms with Gasteiger partial charge < -0.3 is 26.8 Å². The number of amides is 3. The van der Waals surface area contributed by atoms with Gasteiger partial charge in [0.05, 0.1) is 13.1 Å². The maximum atomic E-state index is 12.2. The van der Waals surface area contributed by atoms with Gasteiger partial charge in [0.1, 0.15) is 12.1 Å². The summed E-state index contributed by atoms with van der Waals surface area (Å²) in [5.74, 6) is -2.46. The Kier molecular flexibility index (Phi) is 10.4. The minimum absolute atomic E-state index is 0.0953. The highest BCUT2D eigenvalue weighted by Gasteiger charge is 2.24. The topological polar surface area (TPSA) is 151 Å². The van der Waals surface area contributed by atoms with Gasteiger partial charge in [-0.05, 0) is 24.7 Å². The van der Waals surface area contributed by atoms with Crippen LogP contribution >= 0.6 is 0 Å². The summed E-state index contributed by atoms with van der Waals surface area (Å²) in [5.41, 5.74) is 5.23. The molecule has 0 aromatic heterocycles. The number of carboxylic acids is 1. The molecule has 144 valence electrons. The van der Waals surface area contributed by atoms with E-state index in [4.69, 9.17) is 10.8 Å². The van der Waals surface area contributed by atoms with Crippen molar-refractivity contribution in [1.29, 1.82) is 0 Å². The number of rotatable bonds is 11. The van der Waals surface area contributed by atoms with Crippen molar-refractivity contribution in [2.24, 2.45) is 17.6 Å². The van der Waals surface area contributed by atoms with E-state index in [0.29, 0.717) is 6.42 Å². The van der Waals surface area contributed by atoms with Gasteiger partial charge in [0, 0.05) is 0 Å². The molecule has 0 aliphatic carbocycles. The molecular formula is C16H30N4O5. The number of hydrogen-bond donors (Lipinski definition) is 5. The summed E-state index contributed by atoms with van der Waals surface area (Å²) in [4.78, 5) is 46.6. The van der Waals surface area contributed by atoms with Crippen molar-refractivity contribution in [2.45, 2.75) is 52.6 Å². The lowest BCUT2D eigenvalue weighted by molar-refractivity contribution is -0.142. The predicted molar refractivity (Wildman–Crippen MR) is 92.5 cm³/mol. The van der Waals surface area contributed by atoms with E-state index in [9.17, 15) is 19.2 Å². The summed E-state index contributed by atoms with van der Waals surface area (Å²) in [5, 5.41) is 16.4. The Morgan fingerprint density at radius 1 is 0.880 bits per heavy atom. The second-order valence-electron chi connectivity index (χ2n) is 6.76. The molecule has 9 nitrogen and oxygen atoms in total. The van der Waals surface area contributed by atoms with E-state index < -0.39 is 35.8 Å². The zero-order valence-electron chi connectivity index (χ0n) is 15.3. The first-order valence-corrected chi connectivity index (χ1v) is 8.36. The van der Waals surface area contributed by atoms with Crippen LogP contribution in [0.5, 0.6) is 0 Å². The van der Waals surface area contributed by atoms with E-state index >= 15 is 0 Å². The molecule has 0 radical (unpaired) electrons. The van der Waals surface area contributed by atoms with Crippen LogP contribution < -0.4 is 21.7 Å². The first-order valence-electron chi connectivity index (χ1n) is 8.36. The molecule has 6 N–H and O–H groups in total. The van der Waals surface area contributed by atoms with Gasteiger partial charge in [0.25, 0.3) is 0 Å². The predicted octanol–water partition coefficient (Wildman–Crippen LogP) is -0.792. The van der Waals surface area contributed by atoms with Crippen molar-refractivity contribution < 1.29 is 24.3 Å². The van der Waals surface area contributed by atoms with Crippen molar-refractivity contribution in [1.82, 2.24) is 16.0 Å². The molecule has 0 aliphatic heterocycles. The second-order valence-corrected chi connectivity index (χ2v) is 6.76. The number of carboxylic acid groups (broad SMARTS) is 1. The Bertz CT molecular complexity index is 479. The smallest absolute Gasteiger partial charge is 0.326 e. The van der Waals surface area contributed by atoms with E-state index in [1.54, 1.807) is 0 Å². The third-order valence-electron chi connectivity index (χ3n) is 3.31. The number of aliphatic carboxylic acids is 1. The molecule has 0 unspecified atom stereocenters. The van der Waals surface area contributed by atoms with Crippen LogP contribution in [0.25, 0.3) is 0 Å². The van der Waals surface area contributed by atoms with E-state index in [-0.39, 0.29) is 31.3 Å². The van der Waals surface area contributed by atoms with Crippen LogP contribution in [0.1, 0.15) is 40.5 Å². The molecule has 0 aliphatic rings. The van der Waals surface area contributed by atoms with E-state index in [1.807, 2.05) is 27.7 Å². The Hall–Kier alpha value is -2.16. The quantitative estimate of drug-likeness (QED) is 0.326. The summed E-state index contributed by atoms with van der Waals surface area (Å²) < 4.78 is 0. The monoisotopic (exact) mass is 358 g/mol. The summed E-state index contributed by atoms with van der Waals surface area (Å²) >= 11 is 0. The number of nitrogens with one attached hydrogen (secondary N) is 3. The van der Waals surface area contributed by atoms with Crippen LogP contribution in [0.15, 0.2) is 0 Å². The molecule has 25 heavy (non-hydrogen) atoms. The Balaban J connectivity index is 4.62. The highest BCUT2D eigenvalue weighted by molar-refractivity contribution is 5.91. The molecule has 2 atom stereocenters. The van der Waals surface area contributed by atoms with Gasteiger partial charge in [-0.25, -0.2) is 4.79 Å². The van der Waals surface area contributed by atoms with Crippen LogP contribution in [0.3, 0.4) is 0 Å². The average molecular weight is 358 g/mol. The number of nitrogens with two attached hydrogens (primary N) is 1. The highest BCUT2D eigenvalue weighted by Crippen LogP contribution is 2.06. The van der Waals surface area contributed by atoms with Crippen molar-refractivity contribution >= 4 is 23.7 Å². The standard InChI is InChI=1S/C16H30N4O5/c1-9(2)5-11(19-13(21)7-17)15(23)18-8-14(22)20-12(16(24)25)6-10(3)4/h9-12H,5-8,17H2,1-4H3,(H,18,23)(H,19,21)(H,20,22)(H,24,25)/t11-,12-/m1/s1. The number of carbonyl (C=O) groups excluding carboxylic acids is 3. The van der Waals surface area contributed by atoms with E-state index in [0.717, 1.165) is 0 Å². The molecule has 0 saturated heterocycles. The van der Waals surface area contributed by atoms with E-state index in [2.05, 4.69) is 16.0 Å². The lowest BCUT2D eigenvalue weighted by Crippen LogP contribution is -2.52. The Morgan fingerprint density at radius 2 is 1.36 bits per heavy atom. The first kappa shape index (κ1) is 22.8. The van der Waals surface area contributed by atoms with Gasteiger partial charge in [-0.1, -0.05) is 27.7 Å². The lowest BCUT2D eigenvalue weighted by Gasteiger charge is -2.20. The zero-order chi connectivity index (χ0) is 19.6. The summed E-state index contributed by atoms with van der Waals surface area (Å²) in [7, 11) is 0. The Morgan fingerprint density at radius 3 is 1.80 bits per heavy atom. The van der Waals surface area contributed by atoms with Crippen molar-refractivity contribution in [3.05, 3.63) is 0 Å². The van der Waals surface area contributed by atoms with Gasteiger partial charge in [-0.15, -0.1) is 0 Å². The number of hydrogen-bond acceptors (Lipinski definition) is 5. The summed E-state index contributed by atoms with van der Waals surface area (Å²) in [6.07, 6.45) is 0.682. The number of carbonyl (C=O) groups is 4. The molecule has 0 bridgehead atoms. The molecule has 0 saturated carbocycles. The van der Waals surface area contributed by atoms with Crippen LogP contribution in [0.2, 0.25) is 0 Å². The van der Waals surface area contributed by atoms with Crippen LogP contribution in [-0.4, -0.2) is 54.0 Å². The minimum Gasteiger partial charge on any atom is -0.480 e. The largest absolute Gasteiger partial charge is 0.480 e. The molecule has 0 fully saturated rings. The fraction of sp³-hybridized carbons (Fsp3) is 0.750. The van der Waals surface area contributed by atoms with Gasteiger partial charge in [0.15, 0.2) is 0 Å². The Labute approximate surface area is 148 Å². The molecule has 0 heterocycles. The van der Waals surface area contributed by atoms with Gasteiger partial charge in [-0.2, -0.15) is 0 Å². The maximum Gasteiger partial charge on any atom is 0.326 e. The fourth-order valence-corrected chi connectivity index (χ4v) is 2.19. The SMILES string of the molecule is CC(C)C[C@@H](NC(=O)CNC(=O)[C@@H](CC(C)C)NC(=O)CN)C(=O)O. The maximum absolute atomic E-state index is 12.2. The van der Waals surface area contributed by atoms with Crippen LogP contribution in [-0.2, 0) is 19.2 Å². The van der Waals surface area contributed by atoms with Gasteiger partial charge in [-0.3, -0.25) is 14.4 Å². The average Bonchev–Trinajstić information content (AvgIpc) is 2.50. The lowest BCUT2D eigenvalue weighted by atomic mass is 10.0. The zero-order valence-corrected chi connectivity index (χ0v) is 15.3. The summed E-state index contributed by atoms with van der Waals surface area (Å²) in [6.45, 7) is 6.88. The summed E-state index contributed by atoms with van der Waals surface area (Å²) in [6, 6.07) is -1.80. The van der Waals surface area contributed by atoms with Crippen molar-refractivity contribution in [3.63, 3.8) is 0 Å². The third-order valence-corrected chi connectivity index (χ3v) is 3.31. The minimum atomic E-state index is -1.12. The molecular weight excluding hydrogens is 328 g/mol. The van der Waals surface area contributed by atoms with Crippen molar-refractivity contribution in [2.75, 3.05) is 13.1 Å². The second kappa shape index (κ2) is 11.4. The fourth-order valence-electron chi connectivity index (χ4n) is 2.19. The molecule has 9 heteroatoms. The molecule has 0 spiro atoms. The van der Waals surface area contributed by atoms with Gasteiger partial charge in [0.2, 0.25) is 17.7 Å². The molecule has 0 aromatic rings. The molecule has 0 rings (SSSR count). The normalized spacial score (nSPS) is 13.2. The third kappa shape index (κ3) is 10.3. The van der Waals surface area contributed by atoms with Crippen molar-refractivity contribution in [3.8, 4) is 0 Å². The highest BCUT2D eigenvalue weighted by atomic mass is 16.4. The molecule has 3 amide bonds. The van der Waals surface area contributed by atoms with Gasteiger partial charge >= 0.3 is 5.97 Å². The molecule has 0 aromatic carbocycles. The van der Waals surface area contributed by atoms with E-state index in [1.165, 1.54) is 0 Å². The first-order chi connectivity index (χ1) is 11.6. The van der Waals surface area contributed by atoms with Crippen LogP contribution in [0, 0.1) is 11.8 Å².